The molecule has 3 heterocycles. The van der Waals surface area contributed by atoms with Gasteiger partial charge in [0.25, 0.3) is 5.91 Å². The van der Waals surface area contributed by atoms with E-state index in [9.17, 15) is 18.0 Å². The minimum Gasteiger partial charge on any atom is -0.367 e. The molecule has 3 rings (SSSR count). The molecule has 29 heavy (non-hydrogen) atoms. The van der Waals surface area contributed by atoms with Gasteiger partial charge in [0.05, 0.1) is 11.7 Å². The fourth-order valence-corrected chi connectivity index (χ4v) is 4.02. The molecule has 0 aliphatic carbocycles. The summed E-state index contributed by atoms with van der Waals surface area (Å²) in [5.74, 6) is -0.299. The molecular weight excluding hydrogens is 385 g/mol. The standard InChI is InChI=1S/C19H27F3N6O/c1-6-13-8-15(19(20,21)22)28-16(24-13)9-14(26-28)18(29)23-10(3)17-11(4)25-27(7-2)12(17)5/h9-10,13,15,24H,6-8H2,1-5H3,(H,23,29)/t10-,13+,15+/m0/s1. The largest absolute Gasteiger partial charge is 0.410 e. The van der Waals surface area contributed by atoms with E-state index in [1.165, 1.54) is 6.07 Å². The number of fused-ring (bicyclic) bond motifs is 1. The maximum Gasteiger partial charge on any atom is 0.410 e. The summed E-state index contributed by atoms with van der Waals surface area (Å²) >= 11 is 0. The summed E-state index contributed by atoms with van der Waals surface area (Å²) in [6.45, 7) is 10.1. The maximum absolute atomic E-state index is 13.5. The predicted molar refractivity (Wildman–Crippen MR) is 103 cm³/mol. The van der Waals surface area contributed by atoms with Crippen LogP contribution in [0.2, 0.25) is 0 Å². The van der Waals surface area contributed by atoms with Gasteiger partial charge >= 0.3 is 6.18 Å². The van der Waals surface area contributed by atoms with Gasteiger partial charge in [-0.2, -0.15) is 23.4 Å². The zero-order valence-corrected chi connectivity index (χ0v) is 17.3. The molecule has 2 N–H and O–H groups in total. The molecule has 1 aliphatic rings. The van der Waals surface area contributed by atoms with Gasteiger partial charge in [0, 0.05) is 29.9 Å². The van der Waals surface area contributed by atoms with Crippen molar-refractivity contribution in [1.29, 1.82) is 0 Å². The van der Waals surface area contributed by atoms with Crippen LogP contribution in [0.15, 0.2) is 6.07 Å². The van der Waals surface area contributed by atoms with Crippen molar-refractivity contribution in [2.75, 3.05) is 5.32 Å². The zero-order valence-electron chi connectivity index (χ0n) is 17.3. The van der Waals surface area contributed by atoms with E-state index >= 15 is 0 Å². The van der Waals surface area contributed by atoms with Crippen LogP contribution in [0.5, 0.6) is 0 Å². The van der Waals surface area contributed by atoms with E-state index in [0.29, 0.717) is 13.0 Å². The van der Waals surface area contributed by atoms with Gasteiger partial charge in [-0.3, -0.25) is 9.48 Å². The van der Waals surface area contributed by atoms with Crippen LogP contribution in [-0.2, 0) is 6.54 Å². The number of alkyl halides is 3. The maximum atomic E-state index is 13.5. The molecule has 1 aliphatic heterocycles. The van der Waals surface area contributed by atoms with Crippen molar-refractivity contribution in [1.82, 2.24) is 24.9 Å². The summed E-state index contributed by atoms with van der Waals surface area (Å²) in [4.78, 5) is 12.7. The Balaban J connectivity index is 1.84. The van der Waals surface area contributed by atoms with Gasteiger partial charge in [-0.15, -0.1) is 0 Å². The molecule has 160 valence electrons. The third kappa shape index (κ3) is 3.97. The Morgan fingerprint density at radius 1 is 1.34 bits per heavy atom. The second-order valence-corrected chi connectivity index (χ2v) is 7.50. The summed E-state index contributed by atoms with van der Waals surface area (Å²) in [6.07, 6.45) is -3.99. The Kier molecular flexibility index (Phi) is 5.64. The van der Waals surface area contributed by atoms with Crippen LogP contribution >= 0.6 is 0 Å². The average Bonchev–Trinajstić information content (AvgIpc) is 3.20. The molecule has 2 aromatic heterocycles. The number of rotatable bonds is 5. The molecule has 0 bridgehead atoms. The van der Waals surface area contributed by atoms with Crippen LogP contribution in [0.3, 0.4) is 0 Å². The van der Waals surface area contributed by atoms with Gasteiger partial charge in [-0.1, -0.05) is 6.92 Å². The lowest BCUT2D eigenvalue weighted by atomic mass is 10.0. The number of hydrogen-bond donors (Lipinski definition) is 2. The first kappa shape index (κ1) is 21.2. The van der Waals surface area contributed by atoms with Gasteiger partial charge in [-0.25, -0.2) is 4.68 Å². The van der Waals surface area contributed by atoms with E-state index in [1.807, 2.05) is 39.3 Å². The lowest BCUT2D eigenvalue weighted by molar-refractivity contribution is -0.173. The number of aromatic nitrogens is 4. The molecule has 1 amide bonds. The van der Waals surface area contributed by atoms with Gasteiger partial charge in [0.2, 0.25) is 0 Å². The first-order chi connectivity index (χ1) is 13.6. The van der Waals surface area contributed by atoms with Crippen molar-refractivity contribution < 1.29 is 18.0 Å². The third-order valence-corrected chi connectivity index (χ3v) is 5.51. The molecule has 2 aromatic rings. The first-order valence-electron chi connectivity index (χ1n) is 9.84. The third-order valence-electron chi connectivity index (χ3n) is 5.51. The van der Waals surface area contributed by atoms with Gasteiger partial charge in [-0.05, 0) is 40.5 Å². The van der Waals surface area contributed by atoms with E-state index < -0.39 is 18.1 Å². The number of nitrogens with one attached hydrogen (secondary N) is 2. The van der Waals surface area contributed by atoms with Crippen molar-refractivity contribution in [3.05, 3.63) is 28.7 Å². The molecular formula is C19H27F3N6O. The molecule has 3 atom stereocenters. The second-order valence-electron chi connectivity index (χ2n) is 7.50. The fraction of sp³-hybridized carbons (Fsp3) is 0.632. The predicted octanol–water partition coefficient (Wildman–Crippen LogP) is 3.90. The SMILES string of the molecule is CC[C@@H]1C[C@H](C(F)(F)F)n2nc(C(=O)N[C@@H](C)c3c(C)nn(CC)c3C)cc2N1. The van der Waals surface area contributed by atoms with Crippen LogP contribution in [0.1, 0.15) is 73.1 Å². The number of aryl methyl sites for hydroxylation is 2. The summed E-state index contributed by atoms with van der Waals surface area (Å²) in [5.41, 5.74) is 2.63. The molecule has 0 saturated heterocycles. The fourth-order valence-electron chi connectivity index (χ4n) is 4.02. The Hall–Kier alpha value is -2.52. The van der Waals surface area contributed by atoms with Crippen molar-refractivity contribution in [2.45, 2.75) is 78.3 Å². The Morgan fingerprint density at radius 3 is 2.59 bits per heavy atom. The molecule has 0 unspecified atom stereocenters. The minimum absolute atomic E-state index is 0.0384. The highest BCUT2D eigenvalue weighted by molar-refractivity contribution is 5.93. The molecule has 0 saturated carbocycles. The molecule has 0 fully saturated rings. The van der Waals surface area contributed by atoms with Crippen LogP contribution < -0.4 is 10.6 Å². The monoisotopic (exact) mass is 412 g/mol. The highest BCUT2D eigenvalue weighted by Crippen LogP contribution is 2.40. The van der Waals surface area contributed by atoms with E-state index in [4.69, 9.17) is 0 Å². The summed E-state index contributed by atoms with van der Waals surface area (Å²) in [7, 11) is 0. The number of halogens is 3. The summed E-state index contributed by atoms with van der Waals surface area (Å²) in [5, 5.41) is 14.3. The van der Waals surface area contributed by atoms with Gasteiger partial charge in [0.15, 0.2) is 11.7 Å². The quantitative estimate of drug-likeness (QED) is 0.781. The second kappa shape index (κ2) is 7.72. The number of nitrogens with zero attached hydrogens (tertiary/aromatic N) is 4. The summed E-state index contributed by atoms with van der Waals surface area (Å²) < 4.78 is 43.2. The van der Waals surface area contributed by atoms with Crippen molar-refractivity contribution >= 4 is 11.7 Å². The Morgan fingerprint density at radius 2 is 2.03 bits per heavy atom. The number of amides is 1. The van der Waals surface area contributed by atoms with Crippen LogP contribution in [-0.4, -0.2) is 37.7 Å². The smallest absolute Gasteiger partial charge is 0.367 e. The zero-order chi connectivity index (χ0) is 21.5. The van der Waals surface area contributed by atoms with Crippen LogP contribution in [0.4, 0.5) is 19.0 Å². The van der Waals surface area contributed by atoms with Gasteiger partial charge in [0.1, 0.15) is 5.82 Å². The highest BCUT2D eigenvalue weighted by atomic mass is 19.4. The lowest BCUT2D eigenvalue weighted by Gasteiger charge is -2.32. The van der Waals surface area contributed by atoms with Crippen molar-refractivity contribution in [2.24, 2.45) is 0 Å². The van der Waals surface area contributed by atoms with E-state index in [0.717, 1.165) is 21.6 Å². The van der Waals surface area contributed by atoms with Crippen molar-refractivity contribution in [3.8, 4) is 0 Å². The highest BCUT2D eigenvalue weighted by Gasteiger charge is 2.46. The first-order valence-corrected chi connectivity index (χ1v) is 9.84. The minimum atomic E-state index is -4.43. The summed E-state index contributed by atoms with van der Waals surface area (Å²) in [6, 6.07) is -1.02. The van der Waals surface area contributed by atoms with Crippen LogP contribution in [0.25, 0.3) is 0 Å². The number of carbonyl (C=O) groups is 1. The van der Waals surface area contributed by atoms with E-state index in [2.05, 4.69) is 20.8 Å². The lowest BCUT2D eigenvalue weighted by Crippen LogP contribution is -2.39. The van der Waals surface area contributed by atoms with Gasteiger partial charge < -0.3 is 10.6 Å². The Labute approximate surface area is 167 Å². The molecule has 0 radical (unpaired) electrons. The number of hydrogen-bond acceptors (Lipinski definition) is 4. The van der Waals surface area contributed by atoms with E-state index in [-0.39, 0.29) is 30.0 Å². The molecule has 10 heteroatoms. The molecule has 7 nitrogen and oxygen atoms in total. The normalized spacial score (nSPS) is 20.1. The number of anilines is 1. The Bertz CT molecular complexity index is 901. The molecule has 0 aromatic carbocycles. The topological polar surface area (TPSA) is 76.8 Å². The van der Waals surface area contributed by atoms with Crippen LogP contribution in [0, 0.1) is 13.8 Å². The van der Waals surface area contributed by atoms with E-state index in [1.54, 1.807) is 0 Å². The van der Waals surface area contributed by atoms with Crippen molar-refractivity contribution in [3.63, 3.8) is 0 Å². The molecule has 0 spiro atoms. The number of carbonyl (C=O) groups excluding carboxylic acids is 1. The average molecular weight is 412 g/mol.